The fraction of sp³-hybridized carbons (Fsp3) is 0.375. The number of hydrogen-bond donors (Lipinski definition) is 1. The minimum Gasteiger partial charge on any atom is -0.462 e. The number of halogens is 1. The van der Waals surface area contributed by atoms with Crippen LogP contribution in [-0.4, -0.2) is 28.3 Å². The molecule has 0 aliphatic rings. The molecule has 1 heterocycles. The van der Waals surface area contributed by atoms with Crippen molar-refractivity contribution in [2.24, 2.45) is 0 Å². The van der Waals surface area contributed by atoms with Crippen LogP contribution in [0.2, 0.25) is 5.02 Å². The average molecular weight is 322 g/mol. The molecule has 1 N–H and O–H groups in total. The molecule has 0 radical (unpaired) electrons. The number of para-hydroxylation sites is 1. The second kappa shape index (κ2) is 7.84. The van der Waals surface area contributed by atoms with E-state index in [1.807, 2.05) is 30.3 Å². The van der Waals surface area contributed by atoms with Crippen LogP contribution >= 0.6 is 11.6 Å². The van der Waals surface area contributed by atoms with Crippen LogP contribution < -0.4 is 10.1 Å². The van der Waals surface area contributed by atoms with Gasteiger partial charge in [0.2, 0.25) is 0 Å². The molecule has 1 amide bonds. The first-order valence-electron chi connectivity index (χ1n) is 7.36. The molecule has 1 atom stereocenters. The van der Waals surface area contributed by atoms with Gasteiger partial charge < -0.3 is 10.1 Å². The highest BCUT2D eigenvalue weighted by Gasteiger charge is 2.18. The first kappa shape index (κ1) is 16.4. The van der Waals surface area contributed by atoms with Gasteiger partial charge in [0, 0.05) is 6.54 Å². The van der Waals surface area contributed by atoms with Crippen molar-refractivity contribution in [1.82, 2.24) is 15.1 Å². The van der Waals surface area contributed by atoms with Gasteiger partial charge in [-0.15, -0.1) is 5.10 Å². The molecule has 0 unspecified atom stereocenters. The number of unbranched alkanes of at least 4 members (excludes halogenated alkanes) is 1. The van der Waals surface area contributed by atoms with Crippen LogP contribution in [0.15, 0.2) is 36.5 Å². The van der Waals surface area contributed by atoms with Crippen molar-refractivity contribution in [2.45, 2.75) is 32.8 Å². The molecule has 2 aromatic rings. The minimum absolute atomic E-state index is 0.168. The summed E-state index contributed by atoms with van der Waals surface area (Å²) in [4.78, 5) is 11.9. The number of nitrogens with one attached hydrogen (secondary N) is 1. The van der Waals surface area contributed by atoms with Gasteiger partial charge in [-0.05, 0) is 25.5 Å². The van der Waals surface area contributed by atoms with E-state index in [1.54, 1.807) is 17.8 Å². The summed E-state index contributed by atoms with van der Waals surface area (Å²) in [5, 5.41) is 7.47. The summed E-state index contributed by atoms with van der Waals surface area (Å²) in [6, 6.07) is 9.57. The maximum Gasteiger partial charge on any atom is 0.260 e. The van der Waals surface area contributed by atoms with Crippen LogP contribution in [0.5, 0.6) is 5.88 Å². The molecule has 0 spiro atoms. The number of carbonyl (C=O) groups excluding carboxylic acids is 1. The van der Waals surface area contributed by atoms with E-state index in [0.717, 1.165) is 18.5 Å². The summed E-state index contributed by atoms with van der Waals surface area (Å²) in [5.74, 6) is 0.0856. The zero-order valence-corrected chi connectivity index (χ0v) is 13.5. The van der Waals surface area contributed by atoms with Gasteiger partial charge in [-0.3, -0.25) is 4.79 Å². The number of aromatic nitrogens is 2. The van der Waals surface area contributed by atoms with Gasteiger partial charge in [-0.1, -0.05) is 43.1 Å². The Balaban J connectivity index is 2.01. The third-order valence-corrected chi connectivity index (χ3v) is 3.41. The molecule has 1 aromatic heterocycles. The molecule has 2 rings (SSSR count). The number of benzene rings is 1. The molecule has 0 aliphatic heterocycles. The third-order valence-electron chi connectivity index (χ3n) is 3.15. The predicted molar refractivity (Wildman–Crippen MR) is 86.6 cm³/mol. The third kappa shape index (κ3) is 4.24. The van der Waals surface area contributed by atoms with E-state index in [-0.39, 0.29) is 11.8 Å². The van der Waals surface area contributed by atoms with Gasteiger partial charge in [0.25, 0.3) is 11.8 Å². The Bertz CT molecular complexity index is 613. The van der Waals surface area contributed by atoms with Gasteiger partial charge in [-0.2, -0.15) is 0 Å². The lowest BCUT2D eigenvalue weighted by Crippen LogP contribution is -2.36. The van der Waals surface area contributed by atoms with E-state index in [9.17, 15) is 4.79 Å². The normalized spacial score (nSPS) is 12.0. The first-order valence-corrected chi connectivity index (χ1v) is 7.74. The Morgan fingerprint density at radius 1 is 1.41 bits per heavy atom. The van der Waals surface area contributed by atoms with Crippen molar-refractivity contribution < 1.29 is 9.53 Å². The Kier molecular flexibility index (Phi) is 5.83. The number of hydrogen-bond acceptors (Lipinski definition) is 3. The van der Waals surface area contributed by atoms with Crippen molar-refractivity contribution in [2.75, 3.05) is 6.54 Å². The zero-order valence-electron chi connectivity index (χ0n) is 12.8. The fourth-order valence-electron chi connectivity index (χ4n) is 1.88. The number of ether oxygens (including phenoxy) is 1. The van der Waals surface area contributed by atoms with Gasteiger partial charge in [0.15, 0.2) is 6.10 Å². The Morgan fingerprint density at radius 3 is 2.82 bits per heavy atom. The van der Waals surface area contributed by atoms with Crippen LogP contribution in [0.25, 0.3) is 5.69 Å². The first-order chi connectivity index (χ1) is 10.6. The molecule has 1 aromatic carbocycles. The quantitative estimate of drug-likeness (QED) is 0.797. The van der Waals surface area contributed by atoms with Crippen molar-refractivity contribution in [3.63, 3.8) is 0 Å². The lowest BCUT2D eigenvalue weighted by atomic mass is 10.3. The smallest absolute Gasteiger partial charge is 0.260 e. The summed E-state index contributed by atoms with van der Waals surface area (Å²) >= 11 is 6.13. The highest BCUT2D eigenvalue weighted by Crippen LogP contribution is 2.24. The summed E-state index contributed by atoms with van der Waals surface area (Å²) in [5.41, 5.74) is 0.874. The summed E-state index contributed by atoms with van der Waals surface area (Å²) in [6.07, 6.45) is 2.99. The molecular formula is C16H20ClN3O2. The molecule has 0 fully saturated rings. The zero-order chi connectivity index (χ0) is 15.9. The molecule has 5 nitrogen and oxygen atoms in total. The maximum atomic E-state index is 11.9. The number of amides is 1. The molecule has 22 heavy (non-hydrogen) atoms. The Labute approximate surface area is 135 Å². The fourth-order valence-corrected chi connectivity index (χ4v) is 2.06. The van der Waals surface area contributed by atoms with Gasteiger partial charge in [0.05, 0.1) is 11.9 Å². The van der Waals surface area contributed by atoms with Crippen molar-refractivity contribution >= 4 is 17.5 Å². The van der Waals surface area contributed by atoms with Gasteiger partial charge >= 0.3 is 0 Å². The SMILES string of the molecule is CCCCNC(=O)[C@H](C)Oc1nn(-c2ccccc2)cc1Cl. The average Bonchev–Trinajstić information content (AvgIpc) is 2.89. The van der Waals surface area contributed by atoms with Crippen LogP contribution in [0, 0.1) is 0 Å². The van der Waals surface area contributed by atoms with E-state index in [2.05, 4.69) is 17.3 Å². The lowest BCUT2D eigenvalue weighted by molar-refractivity contribution is -0.127. The number of rotatable bonds is 7. The van der Waals surface area contributed by atoms with Crippen LogP contribution in [0.1, 0.15) is 26.7 Å². The summed E-state index contributed by atoms with van der Waals surface area (Å²) in [7, 11) is 0. The molecule has 0 saturated heterocycles. The largest absolute Gasteiger partial charge is 0.462 e. The Hall–Kier alpha value is -2.01. The van der Waals surface area contributed by atoms with Gasteiger partial charge in [0.1, 0.15) is 5.02 Å². The molecule has 0 bridgehead atoms. The van der Waals surface area contributed by atoms with E-state index in [1.165, 1.54) is 0 Å². The van der Waals surface area contributed by atoms with E-state index in [4.69, 9.17) is 16.3 Å². The van der Waals surface area contributed by atoms with Crippen molar-refractivity contribution in [1.29, 1.82) is 0 Å². The molecule has 6 heteroatoms. The van der Waals surface area contributed by atoms with E-state index < -0.39 is 6.10 Å². The highest BCUT2D eigenvalue weighted by molar-refractivity contribution is 6.31. The topological polar surface area (TPSA) is 56.1 Å². The van der Waals surface area contributed by atoms with Gasteiger partial charge in [-0.25, -0.2) is 4.68 Å². The van der Waals surface area contributed by atoms with E-state index >= 15 is 0 Å². The monoisotopic (exact) mass is 321 g/mol. The van der Waals surface area contributed by atoms with Crippen LogP contribution in [-0.2, 0) is 4.79 Å². The summed E-state index contributed by atoms with van der Waals surface area (Å²) < 4.78 is 7.19. The molecular weight excluding hydrogens is 302 g/mol. The summed E-state index contributed by atoms with van der Waals surface area (Å²) in [6.45, 7) is 4.40. The highest BCUT2D eigenvalue weighted by atomic mass is 35.5. The maximum absolute atomic E-state index is 11.9. The second-order valence-electron chi connectivity index (χ2n) is 4.97. The molecule has 0 aliphatic carbocycles. The standard InChI is InChI=1S/C16H20ClN3O2/c1-3-4-10-18-15(21)12(2)22-16-14(17)11-20(19-16)13-8-6-5-7-9-13/h5-9,11-12H,3-4,10H2,1-2H3,(H,18,21)/t12-/m0/s1. The second-order valence-corrected chi connectivity index (χ2v) is 5.37. The van der Waals surface area contributed by atoms with E-state index in [0.29, 0.717) is 11.6 Å². The van der Waals surface area contributed by atoms with Crippen LogP contribution in [0.3, 0.4) is 0 Å². The Morgan fingerprint density at radius 2 is 2.14 bits per heavy atom. The van der Waals surface area contributed by atoms with Crippen molar-refractivity contribution in [3.05, 3.63) is 41.6 Å². The minimum atomic E-state index is -0.645. The predicted octanol–water partition coefficient (Wildman–Crippen LogP) is 3.21. The molecule has 0 saturated carbocycles. The number of nitrogens with zero attached hydrogens (tertiary/aromatic N) is 2. The lowest BCUT2D eigenvalue weighted by Gasteiger charge is -2.12. The van der Waals surface area contributed by atoms with Crippen molar-refractivity contribution in [3.8, 4) is 11.6 Å². The molecule has 118 valence electrons. The number of carbonyl (C=O) groups is 1. The van der Waals surface area contributed by atoms with Crippen LogP contribution in [0.4, 0.5) is 0 Å².